The van der Waals surface area contributed by atoms with Gasteiger partial charge < -0.3 is 15.0 Å². The first-order valence-corrected chi connectivity index (χ1v) is 9.38. The molecule has 0 aliphatic carbocycles. The standard InChI is InChI=1S/C22H26N2O3/c1-16(2)27-20-10-8-19(9-11-20)22(26)23-13-18-12-21(25)24(15-18)14-17-6-4-3-5-7-17/h3-11,16,18H,12-15H2,1-2H3,(H,23,26). The van der Waals surface area contributed by atoms with Gasteiger partial charge in [-0.2, -0.15) is 0 Å². The number of rotatable bonds is 7. The molecule has 1 saturated heterocycles. The molecule has 1 N–H and O–H groups in total. The number of carbonyl (C=O) groups excluding carboxylic acids is 2. The van der Waals surface area contributed by atoms with E-state index in [-0.39, 0.29) is 23.8 Å². The largest absolute Gasteiger partial charge is 0.491 e. The van der Waals surface area contributed by atoms with Crippen molar-refractivity contribution in [3.8, 4) is 5.75 Å². The van der Waals surface area contributed by atoms with Crippen molar-refractivity contribution in [2.45, 2.75) is 32.9 Å². The van der Waals surface area contributed by atoms with E-state index in [1.807, 2.05) is 49.1 Å². The van der Waals surface area contributed by atoms with Crippen LogP contribution in [0.3, 0.4) is 0 Å². The van der Waals surface area contributed by atoms with Gasteiger partial charge in [-0.25, -0.2) is 0 Å². The lowest BCUT2D eigenvalue weighted by atomic mass is 10.1. The van der Waals surface area contributed by atoms with Gasteiger partial charge in [-0.05, 0) is 43.7 Å². The Hall–Kier alpha value is -2.82. The second-order valence-electron chi connectivity index (χ2n) is 7.23. The molecule has 2 amide bonds. The number of hydrogen-bond donors (Lipinski definition) is 1. The molecule has 2 aromatic rings. The van der Waals surface area contributed by atoms with E-state index in [9.17, 15) is 9.59 Å². The normalized spacial score (nSPS) is 16.6. The van der Waals surface area contributed by atoms with Gasteiger partial charge in [0, 0.05) is 37.5 Å². The molecule has 0 bridgehead atoms. The second kappa shape index (κ2) is 8.71. The molecule has 1 aliphatic heterocycles. The van der Waals surface area contributed by atoms with Crippen LogP contribution in [-0.4, -0.2) is 35.9 Å². The van der Waals surface area contributed by atoms with E-state index in [1.165, 1.54) is 0 Å². The zero-order valence-electron chi connectivity index (χ0n) is 15.9. The quantitative estimate of drug-likeness (QED) is 0.818. The Morgan fingerprint density at radius 3 is 2.52 bits per heavy atom. The minimum Gasteiger partial charge on any atom is -0.491 e. The third-order valence-electron chi connectivity index (χ3n) is 4.55. The molecule has 1 unspecified atom stereocenters. The number of hydrogen-bond acceptors (Lipinski definition) is 3. The first-order chi connectivity index (χ1) is 13.0. The summed E-state index contributed by atoms with van der Waals surface area (Å²) in [5.74, 6) is 0.918. The molecule has 1 aliphatic rings. The van der Waals surface area contributed by atoms with E-state index in [0.717, 1.165) is 11.3 Å². The van der Waals surface area contributed by atoms with E-state index in [4.69, 9.17) is 4.74 Å². The van der Waals surface area contributed by atoms with Crippen LogP contribution in [0.15, 0.2) is 54.6 Å². The van der Waals surface area contributed by atoms with E-state index >= 15 is 0 Å². The molecule has 1 heterocycles. The van der Waals surface area contributed by atoms with Crippen molar-refractivity contribution in [1.29, 1.82) is 0 Å². The Balaban J connectivity index is 1.48. The Kier molecular flexibility index (Phi) is 6.12. The zero-order valence-corrected chi connectivity index (χ0v) is 15.9. The Labute approximate surface area is 160 Å². The van der Waals surface area contributed by atoms with E-state index in [0.29, 0.717) is 31.6 Å². The predicted molar refractivity (Wildman–Crippen MR) is 105 cm³/mol. The highest BCUT2D eigenvalue weighted by Crippen LogP contribution is 2.20. The fourth-order valence-corrected chi connectivity index (χ4v) is 3.24. The summed E-state index contributed by atoms with van der Waals surface area (Å²) in [7, 11) is 0. The molecule has 0 radical (unpaired) electrons. The lowest BCUT2D eigenvalue weighted by Crippen LogP contribution is -2.31. The summed E-state index contributed by atoms with van der Waals surface area (Å²) in [6, 6.07) is 17.1. The molecular formula is C22H26N2O3. The highest BCUT2D eigenvalue weighted by Gasteiger charge is 2.29. The Morgan fingerprint density at radius 1 is 1.15 bits per heavy atom. The molecule has 142 valence electrons. The maximum Gasteiger partial charge on any atom is 0.251 e. The Morgan fingerprint density at radius 2 is 1.85 bits per heavy atom. The third-order valence-corrected chi connectivity index (χ3v) is 4.55. The fraction of sp³-hybridized carbons (Fsp3) is 0.364. The molecule has 5 nitrogen and oxygen atoms in total. The van der Waals surface area contributed by atoms with Crippen molar-refractivity contribution in [3.05, 3.63) is 65.7 Å². The number of benzene rings is 2. The number of carbonyl (C=O) groups is 2. The summed E-state index contributed by atoms with van der Waals surface area (Å²) in [4.78, 5) is 26.4. The second-order valence-corrected chi connectivity index (χ2v) is 7.23. The van der Waals surface area contributed by atoms with Gasteiger partial charge in [-0.3, -0.25) is 9.59 Å². The van der Waals surface area contributed by atoms with Crippen molar-refractivity contribution in [3.63, 3.8) is 0 Å². The maximum atomic E-state index is 12.3. The number of nitrogens with one attached hydrogen (secondary N) is 1. The first-order valence-electron chi connectivity index (χ1n) is 9.38. The lowest BCUT2D eigenvalue weighted by Gasteiger charge is -2.17. The molecule has 3 rings (SSSR count). The monoisotopic (exact) mass is 366 g/mol. The molecule has 2 aromatic carbocycles. The average Bonchev–Trinajstić information content (AvgIpc) is 3.00. The van der Waals surface area contributed by atoms with Crippen LogP contribution >= 0.6 is 0 Å². The number of ether oxygens (including phenoxy) is 1. The molecule has 5 heteroatoms. The van der Waals surface area contributed by atoms with Gasteiger partial charge in [-0.1, -0.05) is 30.3 Å². The summed E-state index contributed by atoms with van der Waals surface area (Å²) >= 11 is 0. The van der Waals surface area contributed by atoms with Gasteiger partial charge in [0.1, 0.15) is 5.75 Å². The van der Waals surface area contributed by atoms with Gasteiger partial charge >= 0.3 is 0 Å². The van der Waals surface area contributed by atoms with Crippen LogP contribution in [0, 0.1) is 5.92 Å². The topological polar surface area (TPSA) is 58.6 Å². The van der Waals surface area contributed by atoms with Gasteiger partial charge in [0.05, 0.1) is 6.10 Å². The van der Waals surface area contributed by atoms with E-state index in [1.54, 1.807) is 24.3 Å². The molecule has 0 aromatic heterocycles. The van der Waals surface area contributed by atoms with Gasteiger partial charge in [0.2, 0.25) is 5.91 Å². The average molecular weight is 366 g/mol. The van der Waals surface area contributed by atoms with Crippen molar-refractivity contribution >= 4 is 11.8 Å². The molecule has 1 atom stereocenters. The summed E-state index contributed by atoms with van der Waals surface area (Å²) < 4.78 is 5.59. The third kappa shape index (κ3) is 5.33. The SMILES string of the molecule is CC(C)Oc1ccc(C(=O)NCC2CC(=O)N(Cc3ccccc3)C2)cc1. The number of amides is 2. The minimum atomic E-state index is -0.125. The molecular weight excluding hydrogens is 340 g/mol. The molecule has 27 heavy (non-hydrogen) atoms. The lowest BCUT2D eigenvalue weighted by molar-refractivity contribution is -0.128. The summed E-state index contributed by atoms with van der Waals surface area (Å²) in [6.45, 7) is 5.73. The van der Waals surface area contributed by atoms with Crippen LogP contribution in [0.4, 0.5) is 0 Å². The number of nitrogens with zero attached hydrogens (tertiary/aromatic N) is 1. The highest BCUT2D eigenvalue weighted by atomic mass is 16.5. The molecule has 1 fully saturated rings. The minimum absolute atomic E-state index is 0.100. The maximum absolute atomic E-state index is 12.3. The number of likely N-dealkylation sites (tertiary alicyclic amines) is 1. The predicted octanol–water partition coefficient (Wildman–Crippen LogP) is 3.25. The van der Waals surface area contributed by atoms with Crippen LogP contribution < -0.4 is 10.1 Å². The van der Waals surface area contributed by atoms with E-state index in [2.05, 4.69) is 5.32 Å². The van der Waals surface area contributed by atoms with Crippen molar-refractivity contribution in [2.24, 2.45) is 5.92 Å². The highest BCUT2D eigenvalue weighted by molar-refractivity contribution is 5.94. The van der Waals surface area contributed by atoms with E-state index < -0.39 is 0 Å². The van der Waals surface area contributed by atoms with Crippen LogP contribution in [0.2, 0.25) is 0 Å². The zero-order chi connectivity index (χ0) is 19.2. The summed E-state index contributed by atoms with van der Waals surface area (Å²) in [5.41, 5.74) is 1.72. The Bertz CT molecular complexity index is 772. The van der Waals surface area contributed by atoms with Crippen LogP contribution in [0.25, 0.3) is 0 Å². The van der Waals surface area contributed by atoms with Crippen LogP contribution in [-0.2, 0) is 11.3 Å². The van der Waals surface area contributed by atoms with Gasteiger partial charge in [-0.15, -0.1) is 0 Å². The van der Waals surface area contributed by atoms with Gasteiger partial charge in [0.25, 0.3) is 5.91 Å². The van der Waals surface area contributed by atoms with Crippen molar-refractivity contribution < 1.29 is 14.3 Å². The summed E-state index contributed by atoms with van der Waals surface area (Å²) in [6.07, 6.45) is 0.581. The van der Waals surface area contributed by atoms with Crippen molar-refractivity contribution in [2.75, 3.05) is 13.1 Å². The molecule has 0 spiro atoms. The smallest absolute Gasteiger partial charge is 0.251 e. The van der Waals surface area contributed by atoms with Crippen molar-refractivity contribution in [1.82, 2.24) is 10.2 Å². The first kappa shape index (κ1) is 19.0. The summed E-state index contributed by atoms with van der Waals surface area (Å²) in [5, 5.41) is 2.95. The van der Waals surface area contributed by atoms with Gasteiger partial charge in [0.15, 0.2) is 0 Å². The molecule has 0 saturated carbocycles. The fourth-order valence-electron chi connectivity index (χ4n) is 3.24. The van der Waals surface area contributed by atoms with Crippen LogP contribution in [0.5, 0.6) is 5.75 Å². The van der Waals surface area contributed by atoms with Crippen LogP contribution in [0.1, 0.15) is 36.2 Å².